The molecule has 8 heteroatoms. The highest BCUT2D eigenvalue weighted by atomic mass is 35.5. The predicted molar refractivity (Wildman–Crippen MR) is 98.8 cm³/mol. The summed E-state index contributed by atoms with van der Waals surface area (Å²) in [5, 5.41) is -0.663. The minimum atomic E-state index is -3.74. The van der Waals surface area contributed by atoms with Crippen molar-refractivity contribution in [2.45, 2.75) is 29.0 Å². The van der Waals surface area contributed by atoms with Crippen LogP contribution < -0.4 is 16.2 Å². The predicted octanol–water partition coefficient (Wildman–Crippen LogP) is 1.99. The van der Waals surface area contributed by atoms with Crippen molar-refractivity contribution in [1.29, 1.82) is 0 Å². The first-order valence-electron chi connectivity index (χ1n) is 8.08. The number of carbonyl (C=O) groups is 1. The Morgan fingerprint density at radius 3 is 2.58 bits per heavy atom. The summed E-state index contributed by atoms with van der Waals surface area (Å²) in [5.74, 6) is -0.317. The van der Waals surface area contributed by atoms with Gasteiger partial charge in [0, 0.05) is 10.9 Å². The van der Waals surface area contributed by atoms with Crippen molar-refractivity contribution in [3.63, 3.8) is 0 Å². The first kappa shape index (κ1) is 18.7. The number of hydrogen-bond donors (Lipinski definition) is 2. The lowest BCUT2D eigenvalue weighted by Crippen LogP contribution is -2.39. The zero-order valence-electron chi connectivity index (χ0n) is 13.9. The molecule has 0 saturated carbocycles. The average Bonchev–Trinajstić information content (AvgIpc) is 2.60. The minimum Gasteiger partial charge on any atom is -0.493 e. The summed E-state index contributed by atoms with van der Waals surface area (Å²) < 4.78 is 31.4. The molecule has 0 bridgehead atoms. The third-order valence-corrected chi connectivity index (χ3v) is 6.67. The van der Waals surface area contributed by atoms with Gasteiger partial charge in [-0.2, -0.15) is 0 Å². The molecule has 6 nitrogen and oxygen atoms in total. The molecule has 1 amide bonds. The minimum absolute atomic E-state index is 0.0937. The van der Waals surface area contributed by atoms with Crippen LogP contribution in [0.5, 0.6) is 5.75 Å². The highest BCUT2D eigenvalue weighted by molar-refractivity contribution is 7.92. The summed E-state index contributed by atoms with van der Waals surface area (Å²) in [6.45, 7) is 0.349. The second-order valence-corrected chi connectivity index (χ2v) is 8.76. The molecule has 138 valence electrons. The summed E-state index contributed by atoms with van der Waals surface area (Å²) >= 11 is 5.83. The van der Waals surface area contributed by atoms with Gasteiger partial charge in [-0.15, -0.1) is 0 Å². The van der Waals surface area contributed by atoms with Crippen LogP contribution in [-0.2, 0) is 21.1 Å². The number of hydrogen-bond acceptors (Lipinski definition) is 5. The van der Waals surface area contributed by atoms with E-state index < -0.39 is 27.0 Å². The molecular formula is C18H19ClN2O4S. The first-order chi connectivity index (χ1) is 12.3. The van der Waals surface area contributed by atoms with E-state index in [1.54, 1.807) is 18.2 Å². The second kappa shape index (κ2) is 7.26. The summed E-state index contributed by atoms with van der Waals surface area (Å²) in [7, 11) is -3.74. The highest BCUT2D eigenvalue weighted by Gasteiger charge is 2.36. The van der Waals surface area contributed by atoms with Crippen molar-refractivity contribution in [3.05, 3.63) is 58.6 Å². The fraction of sp³-hybridized carbons (Fsp3) is 0.278. The molecular weight excluding hydrogens is 376 g/mol. The van der Waals surface area contributed by atoms with Gasteiger partial charge in [-0.1, -0.05) is 23.7 Å². The number of rotatable bonds is 5. The molecule has 0 saturated heterocycles. The number of sulfone groups is 1. The number of fused-ring (bicyclic) bond motifs is 1. The topological polar surface area (TPSA) is 112 Å². The van der Waals surface area contributed by atoms with Gasteiger partial charge in [0.15, 0.2) is 9.84 Å². The van der Waals surface area contributed by atoms with Crippen LogP contribution in [0.4, 0.5) is 0 Å². The molecule has 1 aliphatic heterocycles. The van der Waals surface area contributed by atoms with Gasteiger partial charge in [0.1, 0.15) is 11.1 Å². The average molecular weight is 395 g/mol. The van der Waals surface area contributed by atoms with Gasteiger partial charge in [0.2, 0.25) is 5.91 Å². The fourth-order valence-corrected chi connectivity index (χ4v) is 4.78. The fourth-order valence-electron chi connectivity index (χ4n) is 3.11. The molecule has 2 unspecified atom stereocenters. The first-order valence-corrected chi connectivity index (χ1v) is 10.0. The SMILES string of the molecule is NC(=O)Cc1ccc2c(c1)OCCC2C(N)S(=O)(=O)c1ccc(Cl)cc1. The number of nitrogens with two attached hydrogens (primary N) is 2. The third-order valence-electron chi connectivity index (χ3n) is 4.44. The van der Waals surface area contributed by atoms with Crippen LogP contribution in [0.1, 0.15) is 23.5 Å². The van der Waals surface area contributed by atoms with Crippen LogP contribution in [0.3, 0.4) is 0 Å². The van der Waals surface area contributed by atoms with E-state index in [0.29, 0.717) is 29.4 Å². The van der Waals surface area contributed by atoms with E-state index in [1.807, 2.05) is 0 Å². The Kier molecular flexibility index (Phi) is 5.22. The smallest absolute Gasteiger partial charge is 0.221 e. The Morgan fingerprint density at radius 1 is 1.23 bits per heavy atom. The van der Waals surface area contributed by atoms with E-state index in [-0.39, 0.29) is 11.3 Å². The van der Waals surface area contributed by atoms with Gasteiger partial charge >= 0.3 is 0 Å². The molecule has 1 heterocycles. The largest absolute Gasteiger partial charge is 0.493 e. The van der Waals surface area contributed by atoms with Gasteiger partial charge < -0.3 is 16.2 Å². The number of carbonyl (C=O) groups excluding carboxylic acids is 1. The monoisotopic (exact) mass is 394 g/mol. The summed E-state index contributed by atoms with van der Waals surface area (Å²) in [6, 6.07) is 11.2. The molecule has 0 fully saturated rings. The molecule has 0 aliphatic carbocycles. The Balaban J connectivity index is 1.93. The molecule has 2 aromatic rings. The Labute approximate surface area is 157 Å². The van der Waals surface area contributed by atoms with Gasteiger partial charge in [-0.05, 0) is 47.9 Å². The van der Waals surface area contributed by atoms with E-state index in [2.05, 4.69) is 0 Å². The molecule has 0 aromatic heterocycles. The standard InChI is InChI=1S/C18H19ClN2O4S/c19-12-2-4-13(5-3-12)26(23,24)18(21)15-7-8-25-16-9-11(10-17(20)22)1-6-14(15)16/h1-6,9,15,18H,7-8,10,21H2,(H2,20,22). The van der Waals surface area contributed by atoms with E-state index in [1.165, 1.54) is 24.3 Å². The summed E-state index contributed by atoms with van der Waals surface area (Å²) in [4.78, 5) is 11.2. The van der Waals surface area contributed by atoms with Gasteiger partial charge in [0.25, 0.3) is 0 Å². The van der Waals surface area contributed by atoms with Gasteiger partial charge in [-0.3, -0.25) is 4.79 Å². The van der Waals surface area contributed by atoms with Crippen molar-refractivity contribution in [2.24, 2.45) is 11.5 Å². The van der Waals surface area contributed by atoms with Crippen LogP contribution >= 0.6 is 11.6 Å². The molecule has 0 spiro atoms. The molecule has 4 N–H and O–H groups in total. The molecule has 26 heavy (non-hydrogen) atoms. The maximum Gasteiger partial charge on any atom is 0.221 e. The van der Waals surface area contributed by atoms with Crippen LogP contribution in [0, 0.1) is 0 Å². The maximum absolute atomic E-state index is 12.9. The Morgan fingerprint density at radius 2 is 1.92 bits per heavy atom. The zero-order chi connectivity index (χ0) is 18.9. The van der Waals surface area contributed by atoms with E-state index in [4.69, 9.17) is 27.8 Å². The molecule has 0 radical (unpaired) electrons. The van der Waals surface area contributed by atoms with Crippen LogP contribution in [0.25, 0.3) is 0 Å². The zero-order valence-corrected chi connectivity index (χ0v) is 15.5. The molecule has 3 rings (SSSR count). The van der Waals surface area contributed by atoms with Crippen LogP contribution in [0.15, 0.2) is 47.4 Å². The van der Waals surface area contributed by atoms with Crippen molar-refractivity contribution in [2.75, 3.05) is 6.61 Å². The Hall–Kier alpha value is -2.09. The number of amides is 1. The van der Waals surface area contributed by atoms with Crippen molar-refractivity contribution in [3.8, 4) is 5.75 Å². The molecule has 2 atom stereocenters. The van der Waals surface area contributed by atoms with Crippen molar-refractivity contribution < 1.29 is 17.9 Å². The number of ether oxygens (including phenoxy) is 1. The number of halogens is 1. The lowest BCUT2D eigenvalue weighted by atomic mass is 9.91. The maximum atomic E-state index is 12.9. The van der Waals surface area contributed by atoms with E-state index >= 15 is 0 Å². The van der Waals surface area contributed by atoms with Crippen LogP contribution in [-0.4, -0.2) is 26.3 Å². The summed E-state index contributed by atoms with van der Waals surface area (Å²) in [5.41, 5.74) is 12.8. The molecule has 2 aromatic carbocycles. The second-order valence-electron chi connectivity index (χ2n) is 6.22. The van der Waals surface area contributed by atoms with E-state index in [9.17, 15) is 13.2 Å². The lowest BCUT2D eigenvalue weighted by molar-refractivity contribution is -0.117. The highest BCUT2D eigenvalue weighted by Crippen LogP contribution is 2.38. The Bertz CT molecular complexity index is 929. The lowest BCUT2D eigenvalue weighted by Gasteiger charge is -2.30. The number of primary amides is 1. The van der Waals surface area contributed by atoms with E-state index in [0.717, 1.165) is 5.56 Å². The summed E-state index contributed by atoms with van der Waals surface area (Å²) in [6.07, 6.45) is 0.576. The number of benzene rings is 2. The normalized spacial score (nSPS) is 17.8. The van der Waals surface area contributed by atoms with Gasteiger partial charge in [-0.25, -0.2) is 8.42 Å². The molecule has 1 aliphatic rings. The van der Waals surface area contributed by atoms with Crippen molar-refractivity contribution >= 4 is 27.3 Å². The van der Waals surface area contributed by atoms with Gasteiger partial charge in [0.05, 0.1) is 17.9 Å². The quantitative estimate of drug-likeness (QED) is 0.805. The third kappa shape index (κ3) is 3.70. The van der Waals surface area contributed by atoms with Crippen molar-refractivity contribution in [1.82, 2.24) is 0 Å². The van der Waals surface area contributed by atoms with Crippen LogP contribution in [0.2, 0.25) is 5.02 Å².